The Morgan fingerprint density at radius 1 is 1.08 bits per heavy atom. The first-order valence-electron chi connectivity index (χ1n) is 12.5. The first kappa shape index (κ1) is 32.4. The number of aliphatic hydroxyl groups is 3. The van der Waals surface area contributed by atoms with Gasteiger partial charge in [0.25, 0.3) is 0 Å². The summed E-state index contributed by atoms with van der Waals surface area (Å²) in [6.45, 7) is 4.98. The van der Waals surface area contributed by atoms with Gasteiger partial charge in [-0.05, 0) is 37.7 Å². The minimum Gasteiger partial charge on any atom is -0.478 e. The van der Waals surface area contributed by atoms with Crippen molar-refractivity contribution < 1.29 is 44.3 Å². The van der Waals surface area contributed by atoms with Gasteiger partial charge in [-0.2, -0.15) is 0 Å². The van der Waals surface area contributed by atoms with Crippen molar-refractivity contribution in [3.8, 4) is 0 Å². The van der Waals surface area contributed by atoms with Gasteiger partial charge in [0, 0.05) is 44.3 Å². The number of hydrogen-bond donors (Lipinski definition) is 5. The van der Waals surface area contributed by atoms with Crippen LogP contribution in [0.25, 0.3) is 0 Å². The minimum absolute atomic E-state index is 0.122. The Kier molecular flexibility index (Phi) is 14.2. The highest BCUT2D eigenvalue weighted by Crippen LogP contribution is 2.24. The third-order valence-electron chi connectivity index (χ3n) is 6.48. The fourth-order valence-corrected chi connectivity index (χ4v) is 4.33. The molecule has 2 amide bonds. The average Bonchev–Trinajstić information content (AvgIpc) is 2.81. The number of piperidine rings is 1. The van der Waals surface area contributed by atoms with Crippen molar-refractivity contribution in [2.45, 2.75) is 83.7 Å². The second-order valence-corrected chi connectivity index (χ2v) is 9.75. The molecule has 0 saturated carbocycles. The first-order chi connectivity index (χ1) is 17.3. The van der Waals surface area contributed by atoms with Gasteiger partial charge in [0.05, 0.1) is 18.3 Å². The van der Waals surface area contributed by atoms with Crippen molar-refractivity contribution in [2.75, 3.05) is 7.11 Å². The molecule has 1 saturated heterocycles. The Morgan fingerprint density at radius 2 is 1.68 bits per heavy atom. The highest BCUT2D eigenvalue weighted by atomic mass is 16.5. The van der Waals surface area contributed by atoms with Crippen LogP contribution >= 0.6 is 0 Å². The number of carboxylic acids is 1. The van der Waals surface area contributed by atoms with Crippen LogP contribution in [0.2, 0.25) is 0 Å². The minimum atomic E-state index is -1.12. The number of hydrogen-bond acceptors (Lipinski definition) is 8. The Labute approximate surface area is 218 Å². The number of ether oxygens (including phenoxy) is 1. The number of methoxy groups -OCH3 is 1. The average molecular weight is 524 g/mol. The maximum atomic E-state index is 12.7. The van der Waals surface area contributed by atoms with Crippen molar-refractivity contribution >= 4 is 23.6 Å². The Bertz CT molecular complexity index is 863. The van der Waals surface area contributed by atoms with E-state index in [9.17, 15) is 34.5 Å². The number of Topliss-reactive ketones (excluding diaryl/α,β-unsaturated/α-hetero) is 1. The van der Waals surface area contributed by atoms with E-state index < -0.39 is 42.2 Å². The summed E-state index contributed by atoms with van der Waals surface area (Å²) in [5.41, 5.74) is 0.495. The summed E-state index contributed by atoms with van der Waals surface area (Å²) in [6, 6.07) is 0. The van der Waals surface area contributed by atoms with E-state index in [1.54, 1.807) is 39.0 Å². The molecule has 0 aliphatic carbocycles. The lowest BCUT2D eigenvalue weighted by Crippen LogP contribution is -2.39. The molecule has 5 N–H and O–H groups in total. The normalized spacial score (nSPS) is 20.5. The summed E-state index contributed by atoms with van der Waals surface area (Å²) >= 11 is 0. The molecule has 208 valence electrons. The molecule has 1 heterocycles. The Balaban J connectivity index is 2.64. The molecule has 1 aliphatic heterocycles. The zero-order chi connectivity index (χ0) is 28.1. The van der Waals surface area contributed by atoms with Gasteiger partial charge in [-0.3, -0.25) is 19.7 Å². The maximum absolute atomic E-state index is 12.7. The molecule has 10 heteroatoms. The molecule has 1 rings (SSSR count). The number of aliphatic carboxylic acids is 1. The van der Waals surface area contributed by atoms with E-state index in [0.29, 0.717) is 18.4 Å². The van der Waals surface area contributed by atoms with Crippen molar-refractivity contribution in [1.29, 1.82) is 0 Å². The van der Waals surface area contributed by atoms with Gasteiger partial charge in [-0.15, -0.1) is 0 Å². The van der Waals surface area contributed by atoms with E-state index in [1.165, 1.54) is 13.2 Å². The van der Waals surface area contributed by atoms with E-state index in [-0.39, 0.29) is 49.2 Å². The first-order valence-corrected chi connectivity index (χ1v) is 12.5. The number of allylic oxidation sites excluding steroid dienone is 2. The molecule has 0 radical (unpaired) electrons. The van der Waals surface area contributed by atoms with Gasteiger partial charge in [-0.25, -0.2) is 4.79 Å². The number of rotatable bonds is 16. The summed E-state index contributed by atoms with van der Waals surface area (Å²) in [7, 11) is 1.46. The predicted molar refractivity (Wildman–Crippen MR) is 136 cm³/mol. The molecule has 1 aliphatic rings. The number of carbonyl (C=O) groups is 4. The summed E-state index contributed by atoms with van der Waals surface area (Å²) < 4.78 is 5.36. The number of imide groups is 1. The fraction of sp³-hybridized carbons (Fsp3) is 0.630. The molecule has 0 spiro atoms. The van der Waals surface area contributed by atoms with E-state index >= 15 is 0 Å². The molecule has 6 atom stereocenters. The molecular formula is C27H41NO9. The van der Waals surface area contributed by atoms with Gasteiger partial charge in [0.15, 0.2) is 0 Å². The number of carbonyl (C=O) groups excluding carboxylic acids is 3. The van der Waals surface area contributed by atoms with Gasteiger partial charge >= 0.3 is 5.97 Å². The van der Waals surface area contributed by atoms with Gasteiger partial charge in [0.2, 0.25) is 11.8 Å². The standard InChI is InChI=1S/C27H41NO9/c1-16(11-17(2)27(36)22(37-4)9-7-5-6-8-10-25(33)34)26(35)18(3)21(30)15-20(29)12-19-13-23(31)28-24(32)14-19/h7-11,17-20,22,26-27,29,35-36H,5-6,12-15H2,1-4H3,(H,33,34)(H,28,31,32)/b9-7+,10-8+,16-11+/t17-,18-,20-,22+,26+,27+/m1/s1. The summed E-state index contributed by atoms with van der Waals surface area (Å²) in [4.78, 5) is 46.1. The molecule has 0 unspecified atom stereocenters. The van der Waals surface area contributed by atoms with E-state index in [0.717, 1.165) is 6.08 Å². The van der Waals surface area contributed by atoms with Crippen LogP contribution in [-0.4, -0.2) is 75.5 Å². The van der Waals surface area contributed by atoms with Crippen LogP contribution in [0.15, 0.2) is 36.0 Å². The van der Waals surface area contributed by atoms with Gasteiger partial charge in [-0.1, -0.05) is 38.2 Å². The van der Waals surface area contributed by atoms with Crippen LogP contribution < -0.4 is 5.32 Å². The van der Waals surface area contributed by atoms with E-state index in [4.69, 9.17) is 9.84 Å². The lowest BCUT2D eigenvalue weighted by Gasteiger charge is -2.26. The van der Waals surface area contributed by atoms with E-state index in [1.807, 2.05) is 0 Å². The van der Waals surface area contributed by atoms with Gasteiger partial charge in [0.1, 0.15) is 11.9 Å². The third-order valence-corrected chi connectivity index (χ3v) is 6.48. The molecule has 0 bridgehead atoms. The quantitative estimate of drug-likeness (QED) is 0.0874. The number of unbranched alkanes of at least 4 members (excludes halogenated alkanes) is 1. The summed E-state index contributed by atoms with van der Waals surface area (Å²) in [5.74, 6) is -3.67. The number of ketones is 1. The zero-order valence-corrected chi connectivity index (χ0v) is 22.0. The van der Waals surface area contributed by atoms with Crippen LogP contribution in [0.4, 0.5) is 0 Å². The lowest BCUT2D eigenvalue weighted by molar-refractivity contribution is -0.135. The van der Waals surface area contributed by atoms with Crippen molar-refractivity contribution in [2.24, 2.45) is 17.8 Å². The lowest BCUT2D eigenvalue weighted by atomic mass is 9.86. The number of amides is 2. The topological polar surface area (TPSA) is 170 Å². The number of aliphatic hydroxyl groups excluding tert-OH is 3. The molecule has 0 aromatic heterocycles. The van der Waals surface area contributed by atoms with Crippen LogP contribution in [0.1, 0.15) is 59.3 Å². The molecule has 1 fully saturated rings. The monoisotopic (exact) mass is 523 g/mol. The van der Waals surface area contributed by atoms with Crippen LogP contribution in [0, 0.1) is 17.8 Å². The molecule has 0 aromatic carbocycles. The van der Waals surface area contributed by atoms with E-state index in [2.05, 4.69) is 5.32 Å². The Morgan fingerprint density at radius 3 is 2.24 bits per heavy atom. The van der Waals surface area contributed by atoms with Crippen molar-refractivity contribution in [3.63, 3.8) is 0 Å². The van der Waals surface area contributed by atoms with Crippen LogP contribution in [0.3, 0.4) is 0 Å². The Hall–Kier alpha value is -2.66. The third kappa shape index (κ3) is 12.0. The molecule has 10 nitrogen and oxygen atoms in total. The zero-order valence-electron chi connectivity index (χ0n) is 22.0. The second-order valence-electron chi connectivity index (χ2n) is 9.75. The van der Waals surface area contributed by atoms with Gasteiger partial charge < -0.3 is 25.2 Å². The second kappa shape index (κ2) is 16.2. The molecular weight excluding hydrogens is 482 g/mol. The highest BCUT2D eigenvalue weighted by Gasteiger charge is 2.30. The number of nitrogens with one attached hydrogen (secondary N) is 1. The van der Waals surface area contributed by atoms with Crippen molar-refractivity contribution in [3.05, 3.63) is 36.0 Å². The van der Waals surface area contributed by atoms with Crippen molar-refractivity contribution in [1.82, 2.24) is 5.32 Å². The number of carboxylic acid groups (broad SMARTS) is 1. The summed E-state index contributed by atoms with van der Waals surface area (Å²) in [5, 5.41) is 42.5. The van der Waals surface area contributed by atoms with Crippen LogP contribution in [-0.2, 0) is 23.9 Å². The largest absolute Gasteiger partial charge is 0.478 e. The smallest absolute Gasteiger partial charge is 0.327 e. The molecule has 0 aromatic rings. The van der Waals surface area contributed by atoms with Crippen LogP contribution in [0.5, 0.6) is 0 Å². The fourth-order valence-electron chi connectivity index (χ4n) is 4.33. The highest BCUT2D eigenvalue weighted by molar-refractivity contribution is 5.97. The maximum Gasteiger partial charge on any atom is 0.327 e. The predicted octanol–water partition coefficient (Wildman–Crippen LogP) is 1.68. The summed E-state index contributed by atoms with van der Waals surface area (Å²) in [6.07, 6.45) is 5.39. The SMILES string of the molecule is CO[C@@H](/C=C/CC/C=C/C(=O)O)[C@@H](O)[C@H](C)/C=C(\C)[C@H](O)[C@H](C)C(=O)C[C@H](O)CC1CC(=O)NC(=O)C1. The molecule has 37 heavy (non-hydrogen) atoms.